The average Bonchev–Trinajstić information content (AvgIpc) is 2.68. The quantitative estimate of drug-likeness (QED) is 0.256. The highest BCUT2D eigenvalue weighted by atomic mass is 127. The van der Waals surface area contributed by atoms with Crippen LogP contribution in [-0.2, 0) is 4.74 Å². The van der Waals surface area contributed by atoms with Crippen LogP contribution in [0.3, 0.4) is 0 Å². The van der Waals surface area contributed by atoms with Crippen LogP contribution < -0.4 is 11.2 Å². The second-order valence-electron chi connectivity index (χ2n) is 4.07. The number of aliphatic hydroxyl groups is 1. The van der Waals surface area contributed by atoms with Crippen LogP contribution in [0.15, 0.2) is 27.0 Å². The van der Waals surface area contributed by atoms with Gasteiger partial charge in [0.15, 0.2) is 12.0 Å². The van der Waals surface area contributed by atoms with Crippen molar-refractivity contribution in [3.63, 3.8) is 0 Å². The Morgan fingerprint density at radius 1 is 1.74 bits per heavy atom. The fraction of sp³-hybridized carbons (Fsp3) is 0.556. The van der Waals surface area contributed by atoms with Gasteiger partial charge in [0.2, 0.25) is 0 Å². The van der Waals surface area contributed by atoms with E-state index in [0.717, 1.165) is 10.6 Å². The number of alkyl halides is 1. The van der Waals surface area contributed by atoms with E-state index in [1.165, 1.54) is 6.20 Å². The lowest BCUT2D eigenvalue weighted by atomic mass is 10.1. The van der Waals surface area contributed by atoms with E-state index in [1.54, 1.807) is 0 Å². The van der Waals surface area contributed by atoms with E-state index in [2.05, 4.69) is 15.0 Å². The van der Waals surface area contributed by atoms with Gasteiger partial charge >= 0.3 is 5.69 Å². The zero-order valence-corrected chi connectivity index (χ0v) is 11.7. The minimum atomic E-state index is -1.19. The van der Waals surface area contributed by atoms with Crippen LogP contribution in [0.1, 0.15) is 12.6 Å². The highest BCUT2D eigenvalue weighted by Crippen LogP contribution is 2.38. The first-order valence-electron chi connectivity index (χ1n) is 5.31. The third-order valence-corrected chi connectivity index (χ3v) is 3.95. The molecule has 0 aromatic carbocycles. The molecule has 0 amide bonds. The number of aromatic amines is 1. The summed E-state index contributed by atoms with van der Waals surface area (Å²) in [6.45, 7) is 0. The fourth-order valence-corrected chi connectivity index (χ4v) is 2.55. The maximum Gasteiger partial charge on any atom is 0.330 e. The van der Waals surface area contributed by atoms with Gasteiger partial charge in [-0.2, -0.15) is 0 Å². The third kappa shape index (κ3) is 2.66. The molecule has 0 aliphatic carbocycles. The Kier molecular flexibility index (Phi) is 3.94. The molecule has 3 atom stereocenters. The van der Waals surface area contributed by atoms with Gasteiger partial charge in [0.25, 0.3) is 5.56 Å². The van der Waals surface area contributed by atoms with Gasteiger partial charge in [0.05, 0.1) is 0 Å². The van der Waals surface area contributed by atoms with Gasteiger partial charge in [-0.05, 0) is 5.53 Å². The van der Waals surface area contributed by atoms with Crippen molar-refractivity contribution in [1.29, 1.82) is 0 Å². The highest BCUT2D eigenvalue weighted by Gasteiger charge is 2.46. The number of nitrogens with zero attached hydrogens (tertiary/aromatic N) is 4. The number of H-pyrrole nitrogens is 1. The molecule has 0 spiro atoms. The van der Waals surface area contributed by atoms with Crippen LogP contribution >= 0.6 is 22.6 Å². The highest BCUT2D eigenvalue weighted by molar-refractivity contribution is 14.1. The topological polar surface area (TPSA) is 133 Å². The molecule has 1 aliphatic heterocycles. The maximum absolute atomic E-state index is 11.6. The number of nitrogens with one attached hydrogen (secondary N) is 1. The Morgan fingerprint density at radius 2 is 2.47 bits per heavy atom. The molecule has 2 rings (SSSR count). The molecular formula is C9H10IN5O4. The van der Waals surface area contributed by atoms with Gasteiger partial charge < -0.3 is 9.84 Å². The van der Waals surface area contributed by atoms with E-state index in [0.29, 0.717) is 4.43 Å². The normalized spacial score (nSPS) is 30.0. The van der Waals surface area contributed by atoms with Crippen LogP contribution in [0, 0.1) is 0 Å². The van der Waals surface area contributed by atoms with E-state index in [1.807, 2.05) is 22.6 Å². The molecule has 9 nitrogen and oxygen atoms in total. The zero-order chi connectivity index (χ0) is 14.0. The predicted octanol–water partition coefficient (Wildman–Crippen LogP) is 0.258. The summed E-state index contributed by atoms with van der Waals surface area (Å²) in [6.07, 6.45) is -0.696. The van der Waals surface area contributed by atoms with Crippen LogP contribution in [0.25, 0.3) is 10.4 Å². The van der Waals surface area contributed by atoms with Crippen molar-refractivity contribution in [2.75, 3.05) is 4.43 Å². The SMILES string of the molecule is [N-]=[N+]=N[C@@]1(CI)C[C@@H](O)[C@H](n2ccc(=O)[nH]c2=O)O1. The molecular weight excluding hydrogens is 369 g/mol. The second kappa shape index (κ2) is 5.33. The van der Waals surface area contributed by atoms with Gasteiger partial charge in [-0.1, -0.05) is 27.7 Å². The molecule has 1 aromatic rings. The minimum absolute atomic E-state index is 0.0796. The minimum Gasteiger partial charge on any atom is -0.388 e. The smallest absolute Gasteiger partial charge is 0.330 e. The fourth-order valence-electron chi connectivity index (χ4n) is 1.91. The largest absolute Gasteiger partial charge is 0.388 e. The van der Waals surface area contributed by atoms with Crippen molar-refractivity contribution in [2.24, 2.45) is 5.11 Å². The molecule has 1 saturated heterocycles. The molecule has 102 valence electrons. The van der Waals surface area contributed by atoms with Crippen molar-refractivity contribution in [3.8, 4) is 0 Å². The summed E-state index contributed by atoms with van der Waals surface area (Å²) < 4.78 is 6.92. The molecule has 0 bridgehead atoms. The van der Waals surface area contributed by atoms with Crippen molar-refractivity contribution in [2.45, 2.75) is 24.5 Å². The van der Waals surface area contributed by atoms with Crippen molar-refractivity contribution in [1.82, 2.24) is 9.55 Å². The number of ether oxygens (including phenoxy) is 1. The Balaban J connectivity index is 2.39. The van der Waals surface area contributed by atoms with Gasteiger partial charge in [-0.25, -0.2) is 4.79 Å². The molecule has 1 fully saturated rings. The van der Waals surface area contributed by atoms with Gasteiger partial charge in [0.1, 0.15) is 6.10 Å². The first-order chi connectivity index (χ1) is 9.01. The summed E-state index contributed by atoms with van der Waals surface area (Å²) in [5.74, 6) is 0. The lowest BCUT2D eigenvalue weighted by Gasteiger charge is -2.21. The van der Waals surface area contributed by atoms with Crippen LogP contribution in [0.2, 0.25) is 0 Å². The number of azide groups is 1. The predicted molar refractivity (Wildman–Crippen MR) is 72.8 cm³/mol. The Hall–Kier alpha value is -1.36. The first kappa shape index (κ1) is 14.1. The second-order valence-corrected chi connectivity index (χ2v) is 4.83. The number of aliphatic hydroxyl groups excluding tert-OH is 1. The molecule has 2 N–H and O–H groups in total. The van der Waals surface area contributed by atoms with Gasteiger partial charge in [-0.15, -0.1) is 0 Å². The van der Waals surface area contributed by atoms with E-state index in [9.17, 15) is 14.7 Å². The molecule has 1 aliphatic rings. The number of aromatic nitrogens is 2. The summed E-state index contributed by atoms with van der Waals surface area (Å²) >= 11 is 1.97. The number of hydrogen-bond donors (Lipinski definition) is 2. The zero-order valence-electron chi connectivity index (χ0n) is 9.56. The van der Waals surface area contributed by atoms with Gasteiger partial charge in [-0.3, -0.25) is 14.3 Å². The summed E-state index contributed by atoms with van der Waals surface area (Å²) in [7, 11) is 0. The lowest BCUT2D eigenvalue weighted by Crippen LogP contribution is -2.35. The van der Waals surface area contributed by atoms with Gasteiger partial charge in [0, 0.05) is 28.0 Å². The monoisotopic (exact) mass is 379 g/mol. The maximum atomic E-state index is 11.6. The van der Waals surface area contributed by atoms with Crippen molar-refractivity contribution in [3.05, 3.63) is 43.5 Å². The molecule has 10 heteroatoms. The molecule has 19 heavy (non-hydrogen) atoms. The first-order valence-corrected chi connectivity index (χ1v) is 6.83. The standard InChI is InChI=1S/C9H10IN5O4/c10-4-9(13-14-11)3-5(16)7(19-9)15-2-1-6(17)12-8(15)18/h1-2,5,7,16H,3-4H2,(H,12,17,18)/t5-,7-,9+/m1/s1. The lowest BCUT2D eigenvalue weighted by molar-refractivity contribution is -0.0756. The average molecular weight is 379 g/mol. The van der Waals surface area contributed by atoms with Crippen LogP contribution in [-0.4, -0.2) is 30.9 Å². The summed E-state index contributed by atoms with van der Waals surface area (Å²) in [4.78, 5) is 27.4. The number of halogens is 1. The Labute approximate surface area is 120 Å². The number of rotatable bonds is 3. The van der Waals surface area contributed by atoms with E-state index >= 15 is 0 Å². The van der Waals surface area contributed by atoms with E-state index < -0.39 is 29.3 Å². The van der Waals surface area contributed by atoms with Crippen LogP contribution in [0.5, 0.6) is 0 Å². The molecule has 0 radical (unpaired) electrons. The number of hydrogen-bond acceptors (Lipinski definition) is 5. The van der Waals surface area contributed by atoms with E-state index in [4.69, 9.17) is 10.3 Å². The Morgan fingerprint density at radius 3 is 3.05 bits per heavy atom. The summed E-state index contributed by atoms with van der Waals surface area (Å²) in [5, 5.41) is 13.5. The molecule has 0 saturated carbocycles. The van der Waals surface area contributed by atoms with Crippen molar-refractivity contribution < 1.29 is 9.84 Å². The van der Waals surface area contributed by atoms with Crippen molar-refractivity contribution >= 4 is 22.6 Å². The molecule has 1 aromatic heterocycles. The van der Waals surface area contributed by atoms with Crippen LogP contribution in [0.4, 0.5) is 0 Å². The third-order valence-electron chi connectivity index (χ3n) is 2.76. The summed E-state index contributed by atoms with van der Waals surface area (Å²) in [5.41, 5.74) is 6.12. The Bertz CT molecular complexity index is 636. The van der Waals surface area contributed by atoms with E-state index in [-0.39, 0.29) is 6.42 Å². The molecule has 0 unspecified atom stereocenters. The molecule has 2 heterocycles. The summed E-state index contributed by atoms with van der Waals surface area (Å²) in [6, 6.07) is 1.15.